The minimum atomic E-state index is -0.874. The first-order valence-electron chi connectivity index (χ1n) is 9.62. The number of benzene rings is 3. The summed E-state index contributed by atoms with van der Waals surface area (Å²) in [6.45, 7) is 0.165. The number of amides is 1. The molecule has 0 aromatic heterocycles. The minimum absolute atomic E-state index is 0.0343. The molecule has 0 aliphatic carbocycles. The maximum absolute atomic E-state index is 12.0. The van der Waals surface area contributed by atoms with Crippen molar-refractivity contribution in [2.24, 2.45) is 0 Å². The van der Waals surface area contributed by atoms with Crippen LogP contribution in [0.3, 0.4) is 0 Å². The number of carbonyl (C=O) groups excluding carboxylic acids is 1. The Morgan fingerprint density at radius 2 is 1.74 bits per heavy atom. The fourth-order valence-electron chi connectivity index (χ4n) is 3.13. The van der Waals surface area contributed by atoms with Crippen LogP contribution in [0.5, 0.6) is 5.75 Å². The molecule has 6 nitrogen and oxygen atoms in total. The van der Waals surface area contributed by atoms with Gasteiger partial charge in [-0.1, -0.05) is 41.9 Å². The molecular weight excluding hydrogens is 418 g/mol. The number of carboxylic acids is 1. The number of carbonyl (C=O) groups is 2. The molecule has 31 heavy (non-hydrogen) atoms. The smallest absolute Gasteiger partial charge is 0.411 e. The summed E-state index contributed by atoms with van der Waals surface area (Å²) in [5, 5.41) is 12.2. The monoisotopic (exact) mass is 439 g/mol. The van der Waals surface area contributed by atoms with Crippen LogP contribution < -0.4 is 10.1 Å². The van der Waals surface area contributed by atoms with Crippen LogP contribution in [0.1, 0.15) is 11.1 Å². The lowest BCUT2D eigenvalue weighted by Gasteiger charge is -2.12. The van der Waals surface area contributed by atoms with E-state index in [-0.39, 0.29) is 13.0 Å². The summed E-state index contributed by atoms with van der Waals surface area (Å²) in [7, 11) is 1.58. The summed E-state index contributed by atoms with van der Waals surface area (Å²) in [6, 6.07) is 19.9. The quantitative estimate of drug-likeness (QED) is 0.488. The SMILES string of the molecule is COc1ccc(-c2cccc(CC(=O)O)c2)cc1CCOC(=O)Nc1ccc(Cl)cc1. The van der Waals surface area contributed by atoms with E-state index in [4.69, 9.17) is 26.2 Å². The van der Waals surface area contributed by atoms with Crippen LogP contribution in [-0.4, -0.2) is 30.9 Å². The van der Waals surface area contributed by atoms with Gasteiger partial charge in [0.1, 0.15) is 5.75 Å². The van der Waals surface area contributed by atoms with Crippen LogP contribution in [0.15, 0.2) is 66.7 Å². The lowest BCUT2D eigenvalue weighted by atomic mass is 9.98. The number of ether oxygens (including phenoxy) is 2. The molecule has 0 saturated carbocycles. The van der Waals surface area contributed by atoms with Gasteiger partial charge in [-0.2, -0.15) is 0 Å². The van der Waals surface area contributed by atoms with Crippen LogP contribution in [0.25, 0.3) is 11.1 Å². The first-order chi connectivity index (χ1) is 14.9. The lowest BCUT2D eigenvalue weighted by Crippen LogP contribution is -2.15. The second-order valence-electron chi connectivity index (χ2n) is 6.82. The van der Waals surface area contributed by atoms with Gasteiger partial charge >= 0.3 is 12.1 Å². The third-order valence-corrected chi connectivity index (χ3v) is 4.84. The highest BCUT2D eigenvalue weighted by atomic mass is 35.5. The number of aliphatic carboxylic acids is 1. The first kappa shape index (κ1) is 22.2. The molecule has 0 radical (unpaired) electrons. The van der Waals surface area contributed by atoms with Gasteiger partial charge in [-0.25, -0.2) is 4.79 Å². The normalized spacial score (nSPS) is 10.4. The third kappa shape index (κ3) is 6.49. The molecule has 0 fully saturated rings. The topological polar surface area (TPSA) is 84.9 Å². The highest BCUT2D eigenvalue weighted by molar-refractivity contribution is 6.30. The highest BCUT2D eigenvalue weighted by Crippen LogP contribution is 2.28. The van der Waals surface area contributed by atoms with Gasteiger partial charge in [0.25, 0.3) is 0 Å². The van der Waals surface area contributed by atoms with Crippen LogP contribution in [0.2, 0.25) is 5.02 Å². The second-order valence-corrected chi connectivity index (χ2v) is 7.25. The van der Waals surface area contributed by atoms with Gasteiger partial charge in [-0.3, -0.25) is 10.1 Å². The van der Waals surface area contributed by atoms with Gasteiger partial charge in [0.2, 0.25) is 0 Å². The van der Waals surface area contributed by atoms with Crippen molar-refractivity contribution in [3.05, 3.63) is 82.9 Å². The maximum Gasteiger partial charge on any atom is 0.411 e. The van der Waals surface area contributed by atoms with Crippen LogP contribution in [-0.2, 0) is 22.4 Å². The van der Waals surface area contributed by atoms with Crippen molar-refractivity contribution in [3.8, 4) is 16.9 Å². The summed E-state index contributed by atoms with van der Waals surface area (Å²) < 4.78 is 10.7. The predicted molar refractivity (Wildman–Crippen MR) is 120 cm³/mol. The van der Waals surface area contributed by atoms with Gasteiger partial charge in [0.15, 0.2) is 0 Å². The van der Waals surface area contributed by atoms with E-state index in [0.717, 1.165) is 22.3 Å². The third-order valence-electron chi connectivity index (χ3n) is 4.59. The standard InChI is InChI=1S/C24H22ClNO5/c1-30-22-10-5-18(17-4-2-3-16(13-17)14-23(27)28)15-19(22)11-12-31-24(29)26-21-8-6-20(25)7-9-21/h2-10,13,15H,11-12,14H2,1H3,(H,26,29)(H,27,28). The fourth-order valence-corrected chi connectivity index (χ4v) is 3.26. The molecule has 3 rings (SSSR count). The molecule has 0 aliphatic heterocycles. The maximum atomic E-state index is 12.0. The molecule has 0 atom stereocenters. The Kier molecular flexibility index (Phi) is 7.51. The molecule has 0 saturated heterocycles. The summed E-state index contributed by atoms with van der Waals surface area (Å²) >= 11 is 5.83. The molecule has 2 N–H and O–H groups in total. The van der Waals surface area contributed by atoms with E-state index in [2.05, 4.69) is 5.32 Å². The van der Waals surface area contributed by atoms with Crippen molar-refractivity contribution in [3.63, 3.8) is 0 Å². The summed E-state index contributed by atoms with van der Waals surface area (Å²) in [5.74, 6) is -0.186. The van der Waals surface area contributed by atoms with Gasteiger partial charge in [-0.15, -0.1) is 0 Å². The number of anilines is 1. The fraction of sp³-hybridized carbons (Fsp3) is 0.167. The largest absolute Gasteiger partial charge is 0.496 e. The average molecular weight is 440 g/mol. The van der Waals surface area contributed by atoms with Crippen molar-refractivity contribution in [1.82, 2.24) is 0 Å². The molecule has 0 spiro atoms. The molecule has 0 aliphatic rings. The molecule has 3 aromatic rings. The van der Waals surface area contributed by atoms with Crippen LogP contribution >= 0.6 is 11.6 Å². The van der Waals surface area contributed by atoms with Crippen molar-refractivity contribution < 1.29 is 24.2 Å². The number of hydrogen-bond donors (Lipinski definition) is 2. The zero-order valence-corrected chi connectivity index (χ0v) is 17.7. The van der Waals surface area contributed by atoms with Gasteiger partial charge in [0, 0.05) is 17.1 Å². The molecule has 3 aromatic carbocycles. The summed E-state index contributed by atoms with van der Waals surface area (Å²) in [4.78, 5) is 23.0. The number of rotatable bonds is 8. The molecule has 160 valence electrons. The lowest BCUT2D eigenvalue weighted by molar-refractivity contribution is -0.136. The number of hydrogen-bond acceptors (Lipinski definition) is 4. The number of halogens is 1. The van der Waals surface area contributed by atoms with Crippen molar-refractivity contribution in [2.75, 3.05) is 19.0 Å². The van der Waals surface area contributed by atoms with Crippen molar-refractivity contribution in [2.45, 2.75) is 12.8 Å². The van der Waals surface area contributed by atoms with E-state index in [0.29, 0.717) is 22.9 Å². The van der Waals surface area contributed by atoms with Gasteiger partial charge in [-0.05, 0) is 58.7 Å². The second kappa shape index (κ2) is 10.5. The summed E-state index contributed by atoms with van der Waals surface area (Å²) in [5.41, 5.74) is 4.03. The van der Waals surface area contributed by atoms with Gasteiger partial charge < -0.3 is 14.6 Å². The number of methoxy groups -OCH3 is 1. The Balaban J connectivity index is 1.66. The minimum Gasteiger partial charge on any atom is -0.496 e. The van der Waals surface area contributed by atoms with Gasteiger partial charge in [0.05, 0.1) is 20.1 Å². The highest BCUT2D eigenvalue weighted by Gasteiger charge is 2.10. The van der Waals surface area contributed by atoms with E-state index in [1.165, 1.54) is 0 Å². The molecule has 0 bridgehead atoms. The van der Waals surface area contributed by atoms with E-state index in [9.17, 15) is 9.59 Å². The first-order valence-corrected chi connectivity index (χ1v) is 10.00. The van der Waals surface area contributed by atoms with E-state index >= 15 is 0 Å². The Labute approximate surface area is 185 Å². The predicted octanol–water partition coefficient (Wildman–Crippen LogP) is 5.43. The number of nitrogens with one attached hydrogen (secondary N) is 1. The van der Waals surface area contributed by atoms with Crippen molar-refractivity contribution >= 4 is 29.4 Å². The zero-order valence-electron chi connectivity index (χ0n) is 16.9. The summed E-state index contributed by atoms with van der Waals surface area (Å²) in [6.07, 6.45) is -0.133. The zero-order chi connectivity index (χ0) is 22.2. The Morgan fingerprint density at radius 3 is 2.45 bits per heavy atom. The molecule has 1 amide bonds. The van der Waals surface area contributed by atoms with Crippen LogP contribution in [0.4, 0.5) is 10.5 Å². The molecular formula is C24H22ClNO5. The molecule has 7 heteroatoms. The van der Waals surface area contributed by atoms with E-state index < -0.39 is 12.1 Å². The van der Waals surface area contributed by atoms with Crippen LogP contribution in [0, 0.1) is 0 Å². The Morgan fingerprint density at radius 1 is 1.00 bits per heavy atom. The van der Waals surface area contributed by atoms with E-state index in [1.807, 2.05) is 36.4 Å². The molecule has 0 heterocycles. The molecule has 0 unspecified atom stereocenters. The van der Waals surface area contributed by atoms with E-state index in [1.54, 1.807) is 37.4 Å². The number of carboxylic acid groups (broad SMARTS) is 1. The average Bonchev–Trinajstić information content (AvgIpc) is 2.75. The Hall–Kier alpha value is -3.51. The van der Waals surface area contributed by atoms with Crippen molar-refractivity contribution in [1.29, 1.82) is 0 Å². The Bertz CT molecular complexity index is 1070.